The number of nitrogen functional groups attached to an aromatic ring is 1. The zero-order valence-electron chi connectivity index (χ0n) is 25.2. The maximum Gasteiger partial charge on any atom is 0.261 e. The number of piperidine rings is 1. The molecule has 0 spiro atoms. The van der Waals surface area contributed by atoms with Gasteiger partial charge in [0.1, 0.15) is 11.2 Å². The lowest BCUT2D eigenvalue weighted by molar-refractivity contribution is 0.1000. The number of benzene rings is 2. The summed E-state index contributed by atoms with van der Waals surface area (Å²) >= 11 is 1.71. The molecule has 0 radical (unpaired) electrons. The smallest absolute Gasteiger partial charge is 0.261 e. The van der Waals surface area contributed by atoms with Crippen molar-refractivity contribution in [2.75, 3.05) is 88.1 Å². The average Bonchev–Trinajstić information content (AvgIpc) is 3.05. The summed E-state index contributed by atoms with van der Waals surface area (Å²) in [4.78, 5) is 27.2. The van der Waals surface area contributed by atoms with Crippen molar-refractivity contribution in [3.8, 4) is 0 Å². The summed E-state index contributed by atoms with van der Waals surface area (Å²) in [6, 6.07) is 9.59. The lowest BCUT2D eigenvalue weighted by Crippen LogP contribution is -2.49. The number of nitrogens with two attached hydrogens (primary N) is 1. The summed E-state index contributed by atoms with van der Waals surface area (Å²) in [7, 11) is 0. The minimum Gasteiger partial charge on any atom is -0.399 e. The number of anilines is 3. The molecule has 238 valence electrons. The van der Waals surface area contributed by atoms with E-state index in [2.05, 4.69) is 42.1 Å². The van der Waals surface area contributed by atoms with Gasteiger partial charge >= 0.3 is 0 Å². The third-order valence-electron chi connectivity index (χ3n) is 9.20. The molecule has 0 amide bonds. The molecule has 3 aliphatic heterocycles. The monoisotopic (exact) mass is 627 g/mol. The third-order valence-corrected chi connectivity index (χ3v) is 10.6. The van der Waals surface area contributed by atoms with Crippen molar-refractivity contribution < 1.29 is 13.5 Å². The molecule has 44 heavy (non-hydrogen) atoms. The number of ether oxygens (including phenoxy) is 1. The molecule has 0 atom stereocenters. The minimum atomic E-state index is -1.15. The largest absolute Gasteiger partial charge is 0.399 e. The lowest BCUT2D eigenvalue weighted by Gasteiger charge is -2.38. The van der Waals surface area contributed by atoms with Crippen LogP contribution in [0.2, 0.25) is 0 Å². The van der Waals surface area contributed by atoms with Crippen molar-refractivity contribution >= 4 is 39.7 Å². The second-order valence-electron chi connectivity index (χ2n) is 12.2. The molecular formula is C32H43F2N7O2S. The van der Waals surface area contributed by atoms with Gasteiger partial charge in [0.05, 0.1) is 17.0 Å². The van der Waals surface area contributed by atoms with Gasteiger partial charge in [0.15, 0.2) is 11.6 Å². The summed E-state index contributed by atoms with van der Waals surface area (Å²) < 4.78 is 35.4. The van der Waals surface area contributed by atoms with Gasteiger partial charge in [0.25, 0.3) is 5.56 Å². The summed E-state index contributed by atoms with van der Waals surface area (Å²) in [5.74, 6) is -0.816. The van der Waals surface area contributed by atoms with Gasteiger partial charge in [0.2, 0.25) is 0 Å². The van der Waals surface area contributed by atoms with E-state index in [1.165, 1.54) is 11.8 Å². The molecule has 4 heterocycles. The van der Waals surface area contributed by atoms with Gasteiger partial charge in [-0.1, -0.05) is 0 Å². The molecule has 3 aliphatic rings. The number of nitrogens with zero attached hydrogens (tertiary/aromatic N) is 4. The predicted octanol–water partition coefficient (Wildman–Crippen LogP) is 4.14. The van der Waals surface area contributed by atoms with Crippen LogP contribution in [0.15, 0.2) is 35.1 Å². The summed E-state index contributed by atoms with van der Waals surface area (Å²) in [5.41, 5.74) is 7.46. The Morgan fingerprint density at radius 2 is 1.64 bits per heavy atom. The van der Waals surface area contributed by atoms with Gasteiger partial charge in [-0.05, 0) is 75.0 Å². The van der Waals surface area contributed by atoms with Gasteiger partial charge in [-0.25, -0.2) is 13.8 Å². The van der Waals surface area contributed by atoms with E-state index in [9.17, 15) is 13.6 Å². The zero-order chi connectivity index (χ0) is 30.5. The van der Waals surface area contributed by atoms with E-state index in [4.69, 9.17) is 10.5 Å². The molecule has 6 rings (SSSR count). The van der Waals surface area contributed by atoms with Gasteiger partial charge in [-0.15, -0.1) is 0 Å². The molecule has 3 saturated heterocycles. The highest BCUT2D eigenvalue weighted by Crippen LogP contribution is 2.28. The van der Waals surface area contributed by atoms with E-state index < -0.39 is 17.2 Å². The van der Waals surface area contributed by atoms with Crippen LogP contribution in [0.4, 0.5) is 25.8 Å². The summed E-state index contributed by atoms with van der Waals surface area (Å²) in [5, 5.41) is 3.25. The Labute approximate surface area is 261 Å². The molecule has 0 aliphatic carbocycles. The second kappa shape index (κ2) is 14.4. The first-order valence-corrected chi connectivity index (χ1v) is 16.9. The van der Waals surface area contributed by atoms with Crippen molar-refractivity contribution in [1.29, 1.82) is 0 Å². The molecule has 0 unspecified atom stereocenters. The van der Waals surface area contributed by atoms with E-state index in [0.29, 0.717) is 29.3 Å². The molecule has 3 fully saturated rings. The first-order valence-electron chi connectivity index (χ1n) is 15.8. The lowest BCUT2D eigenvalue weighted by atomic mass is 9.96. The number of piperazine rings is 1. The standard InChI is InChI=1S/C32H43F2N7O2S/c33-30-27(19-26-29(31(30)34)32(42)38-28(37-26)21-44-25-7-17-43-18-8-25)36-20-22-5-9-39(10-6-22)11-12-40-13-15-41(16-14-40)24-3-1-23(35)2-4-24/h1-4,19,22,25,36H,5-18,20-21,35H2,(H,37,38,42). The van der Waals surface area contributed by atoms with Crippen molar-refractivity contribution in [3.63, 3.8) is 0 Å². The van der Waals surface area contributed by atoms with Gasteiger partial charge in [0, 0.05) is 75.7 Å². The number of hydrogen-bond donors (Lipinski definition) is 3. The normalized spacial score (nSPS) is 19.5. The number of fused-ring (bicyclic) bond motifs is 1. The van der Waals surface area contributed by atoms with E-state index in [1.807, 2.05) is 12.1 Å². The highest BCUT2D eigenvalue weighted by Gasteiger charge is 2.24. The highest BCUT2D eigenvalue weighted by molar-refractivity contribution is 7.99. The summed E-state index contributed by atoms with van der Waals surface area (Å²) in [6.45, 7) is 10.3. The van der Waals surface area contributed by atoms with Crippen molar-refractivity contribution in [2.45, 2.75) is 36.7 Å². The quantitative estimate of drug-likeness (QED) is 0.286. The maximum atomic E-state index is 15.0. The molecule has 1 aromatic heterocycles. The van der Waals surface area contributed by atoms with Crippen molar-refractivity contribution in [2.24, 2.45) is 5.92 Å². The molecular weight excluding hydrogens is 584 g/mol. The third kappa shape index (κ3) is 7.64. The maximum absolute atomic E-state index is 15.0. The van der Waals surface area contributed by atoms with Crippen LogP contribution < -0.4 is 21.5 Å². The number of nitrogens with one attached hydrogen (secondary N) is 2. The fourth-order valence-electron chi connectivity index (χ4n) is 6.39. The van der Waals surface area contributed by atoms with Crippen LogP contribution in [0.5, 0.6) is 0 Å². The zero-order valence-corrected chi connectivity index (χ0v) is 26.0. The number of hydrogen-bond acceptors (Lipinski definition) is 9. The van der Waals surface area contributed by atoms with E-state index in [-0.39, 0.29) is 16.6 Å². The van der Waals surface area contributed by atoms with Crippen LogP contribution in [0, 0.1) is 17.6 Å². The van der Waals surface area contributed by atoms with Crippen LogP contribution in [-0.2, 0) is 10.5 Å². The van der Waals surface area contributed by atoms with Gasteiger partial charge < -0.3 is 30.6 Å². The van der Waals surface area contributed by atoms with Crippen LogP contribution >= 0.6 is 11.8 Å². The molecule has 9 nitrogen and oxygen atoms in total. The second-order valence-corrected chi connectivity index (χ2v) is 13.5. The Morgan fingerprint density at radius 1 is 0.955 bits per heavy atom. The number of thioether (sulfide) groups is 1. The Morgan fingerprint density at radius 3 is 2.34 bits per heavy atom. The average molecular weight is 628 g/mol. The summed E-state index contributed by atoms with van der Waals surface area (Å²) in [6.07, 6.45) is 3.92. The Hall–Kier alpha value is -2.93. The first-order chi connectivity index (χ1) is 21.4. The van der Waals surface area contributed by atoms with Crippen LogP contribution in [-0.4, -0.2) is 97.1 Å². The van der Waals surface area contributed by atoms with Crippen LogP contribution in [0.3, 0.4) is 0 Å². The Bertz CT molecular complexity index is 1450. The topological polar surface area (TPSA) is 103 Å². The molecule has 3 aromatic rings. The first kappa shape index (κ1) is 31.1. The number of aromatic nitrogens is 2. The van der Waals surface area contributed by atoms with E-state index in [1.54, 1.807) is 11.8 Å². The molecule has 0 saturated carbocycles. The number of likely N-dealkylation sites (tertiary alicyclic amines) is 1. The molecule has 12 heteroatoms. The number of halogens is 2. The Kier molecular flexibility index (Phi) is 10.2. The van der Waals surface area contributed by atoms with E-state index >= 15 is 0 Å². The van der Waals surface area contributed by atoms with Crippen LogP contribution in [0.1, 0.15) is 31.5 Å². The van der Waals surface area contributed by atoms with Gasteiger partial charge in [-0.3, -0.25) is 9.69 Å². The fraction of sp³-hybridized carbons (Fsp3) is 0.562. The van der Waals surface area contributed by atoms with Crippen molar-refractivity contribution in [3.05, 3.63) is 58.1 Å². The van der Waals surface area contributed by atoms with Crippen molar-refractivity contribution in [1.82, 2.24) is 19.8 Å². The highest BCUT2D eigenvalue weighted by atomic mass is 32.2. The molecule has 2 aromatic carbocycles. The molecule has 4 N–H and O–H groups in total. The predicted molar refractivity (Wildman–Crippen MR) is 175 cm³/mol. The fourth-order valence-corrected chi connectivity index (χ4v) is 7.44. The number of H-pyrrole nitrogens is 1. The molecule has 0 bridgehead atoms. The Balaban J connectivity index is 0.961. The van der Waals surface area contributed by atoms with E-state index in [0.717, 1.165) is 96.9 Å². The SMILES string of the molecule is Nc1ccc(N2CCN(CCN3CCC(CNc4cc5nc(CSC6CCOCC6)[nH]c(=O)c5c(F)c4F)CC3)CC2)cc1. The van der Waals surface area contributed by atoms with Gasteiger partial charge in [-0.2, -0.15) is 11.8 Å². The number of aromatic amines is 1. The van der Waals surface area contributed by atoms with Crippen LogP contribution in [0.25, 0.3) is 10.9 Å². The minimum absolute atomic E-state index is 0.0664. The number of rotatable bonds is 10.